The van der Waals surface area contributed by atoms with Crippen molar-refractivity contribution in [1.82, 2.24) is 4.98 Å². The van der Waals surface area contributed by atoms with Crippen LogP contribution >= 0.6 is 39.0 Å². The lowest BCUT2D eigenvalue weighted by atomic mass is 10.5. The van der Waals surface area contributed by atoms with Crippen LogP contribution in [0.1, 0.15) is 4.88 Å². The van der Waals surface area contributed by atoms with Gasteiger partial charge in [-0.05, 0) is 39.5 Å². The van der Waals surface area contributed by atoms with Crippen LogP contribution in [0.2, 0.25) is 0 Å². The summed E-state index contributed by atoms with van der Waals surface area (Å²) in [5, 5.41) is 2.10. The predicted molar refractivity (Wildman–Crippen MR) is 65.8 cm³/mol. The molecule has 0 fully saturated rings. The fourth-order valence-corrected chi connectivity index (χ4v) is 3.69. The first-order valence-electron chi connectivity index (χ1n) is 4.11. The third-order valence-corrected chi connectivity index (χ3v) is 4.86. The van der Waals surface area contributed by atoms with E-state index in [-0.39, 0.29) is 0 Å². The van der Waals surface area contributed by atoms with Gasteiger partial charge in [-0.2, -0.15) is 0 Å². The van der Waals surface area contributed by atoms with Crippen molar-refractivity contribution in [2.45, 2.75) is 10.6 Å². The second-order valence-corrected chi connectivity index (χ2v) is 5.57. The second kappa shape index (κ2) is 4.96. The molecule has 0 radical (unpaired) electrons. The number of nitrogens with zero attached hydrogens (tertiary/aromatic N) is 1. The summed E-state index contributed by atoms with van der Waals surface area (Å²) >= 11 is 7.14. The minimum absolute atomic E-state index is 1.02. The van der Waals surface area contributed by atoms with E-state index in [9.17, 15) is 0 Å². The minimum Gasteiger partial charge on any atom is -0.265 e. The summed E-state index contributed by atoms with van der Waals surface area (Å²) in [7, 11) is 0. The smallest absolute Gasteiger partial charge is 0.0337 e. The molecule has 0 aromatic carbocycles. The van der Waals surface area contributed by atoms with Gasteiger partial charge in [-0.3, -0.25) is 4.98 Å². The van der Waals surface area contributed by atoms with Crippen LogP contribution < -0.4 is 0 Å². The zero-order valence-electron chi connectivity index (χ0n) is 7.31. The summed E-state index contributed by atoms with van der Waals surface area (Å²) in [6.07, 6.45) is 3.65. The van der Waals surface area contributed by atoms with Crippen LogP contribution in [0, 0.1) is 0 Å². The molecule has 0 N–H and O–H groups in total. The van der Waals surface area contributed by atoms with Gasteiger partial charge in [-0.1, -0.05) is 0 Å². The number of thiophene rings is 1. The standard InChI is InChI=1S/C10H8BrNS2/c11-9-3-6-13-10(9)7-14-8-1-4-12-5-2-8/h1-6H,7H2. The number of thioether (sulfide) groups is 1. The van der Waals surface area contributed by atoms with Crippen molar-refractivity contribution in [3.05, 3.63) is 45.3 Å². The van der Waals surface area contributed by atoms with E-state index in [1.807, 2.05) is 36.3 Å². The molecule has 0 aliphatic carbocycles. The van der Waals surface area contributed by atoms with E-state index in [4.69, 9.17) is 0 Å². The van der Waals surface area contributed by atoms with E-state index in [2.05, 4.69) is 32.4 Å². The monoisotopic (exact) mass is 285 g/mol. The third kappa shape index (κ3) is 2.59. The molecule has 0 aliphatic rings. The molecular weight excluding hydrogens is 278 g/mol. The van der Waals surface area contributed by atoms with Gasteiger partial charge in [0.1, 0.15) is 0 Å². The first-order valence-corrected chi connectivity index (χ1v) is 6.77. The minimum atomic E-state index is 1.02. The average molecular weight is 286 g/mol. The molecule has 0 aliphatic heterocycles. The predicted octanol–water partition coefficient (Wildman–Crippen LogP) is 4.20. The molecular formula is C10H8BrNS2. The maximum Gasteiger partial charge on any atom is 0.0337 e. The summed E-state index contributed by atoms with van der Waals surface area (Å²) in [6, 6.07) is 6.16. The number of pyridine rings is 1. The van der Waals surface area contributed by atoms with Gasteiger partial charge in [-0.15, -0.1) is 23.1 Å². The Morgan fingerprint density at radius 3 is 2.71 bits per heavy atom. The molecule has 0 spiro atoms. The van der Waals surface area contributed by atoms with Crippen LogP contribution in [0.3, 0.4) is 0 Å². The highest BCUT2D eigenvalue weighted by Gasteiger charge is 2.01. The molecule has 0 unspecified atom stereocenters. The van der Waals surface area contributed by atoms with E-state index >= 15 is 0 Å². The largest absolute Gasteiger partial charge is 0.265 e. The Labute approximate surface area is 99.7 Å². The Kier molecular flexibility index (Phi) is 3.61. The number of hydrogen-bond acceptors (Lipinski definition) is 3. The van der Waals surface area contributed by atoms with Gasteiger partial charge in [0.2, 0.25) is 0 Å². The van der Waals surface area contributed by atoms with Crippen LogP contribution in [0.5, 0.6) is 0 Å². The topological polar surface area (TPSA) is 12.9 Å². The molecule has 14 heavy (non-hydrogen) atoms. The summed E-state index contributed by atoms with van der Waals surface area (Å²) in [5.74, 6) is 1.02. The fourth-order valence-electron chi connectivity index (χ4n) is 1.01. The van der Waals surface area contributed by atoms with Crippen molar-refractivity contribution >= 4 is 39.0 Å². The van der Waals surface area contributed by atoms with Gasteiger partial charge in [0, 0.05) is 32.4 Å². The molecule has 0 bridgehead atoms. The first kappa shape index (κ1) is 10.2. The Morgan fingerprint density at radius 2 is 2.07 bits per heavy atom. The molecule has 1 nitrogen and oxygen atoms in total. The van der Waals surface area contributed by atoms with Gasteiger partial charge < -0.3 is 0 Å². The molecule has 0 saturated carbocycles. The van der Waals surface area contributed by atoms with E-state index < -0.39 is 0 Å². The van der Waals surface area contributed by atoms with Gasteiger partial charge in [0.05, 0.1) is 0 Å². The first-order chi connectivity index (χ1) is 6.86. The van der Waals surface area contributed by atoms with Crippen LogP contribution in [-0.2, 0) is 5.75 Å². The summed E-state index contributed by atoms with van der Waals surface area (Å²) in [4.78, 5) is 6.63. The van der Waals surface area contributed by atoms with Crippen LogP contribution in [0.15, 0.2) is 45.3 Å². The SMILES string of the molecule is Brc1ccsc1CSc1ccncc1. The number of hydrogen-bond donors (Lipinski definition) is 0. The zero-order valence-corrected chi connectivity index (χ0v) is 10.5. The van der Waals surface area contributed by atoms with E-state index in [1.165, 1.54) is 14.2 Å². The Balaban J connectivity index is 1.99. The van der Waals surface area contributed by atoms with Gasteiger partial charge in [-0.25, -0.2) is 0 Å². The van der Waals surface area contributed by atoms with E-state index in [0.29, 0.717) is 0 Å². The molecule has 0 atom stereocenters. The molecule has 72 valence electrons. The summed E-state index contributed by atoms with van der Waals surface area (Å²) < 4.78 is 1.21. The highest BCUT2D eigenvalue weighted by molar-refractivity contribution is 9.10. The lowest BCUT2D eigenvalue weighted by molar-refractivity contribution is 1.26. The fraction of sp³-hybridized carbons (Fsp3) is 0.100. The lowest BCUT2D eigenvalue weighted by Gasteiger charge is -1.99. The molecule has 2 rings (SSSR count). The normalized spacial score (nSPS) is 10.4. The Hall–Kier alpha value is -0.320. The highest BCUT2D eigenvalue weighted by Crippen LogP contribution is 2.30. The van der Waals surface area contributed by atoms with Gasteiger partial charge >= 0.3 is 0 Å². The van der Waals surface area contributed by atoms with Crippen molar-refractivity contribution in [3.63, 3.8) is 0 Å². The van der Waals surface area contributed by atoms with Crippen molar-refractivity contribution in [1.29, 1.82) is 0 Å². The summed E-state index contributed by atoms with van der Waals surface area (Å²) in [6.45, 7) is 0. The van der Waals surface area contributed by atoms with Gasteiger partial charge in [0.25, 0.3) is 0 Å². The van der Waals surface area contributed by atoms with Crippen molar-refractivity contribution < 1.29 is 0 Å². The zero-order chi connectivity index (χ0) is 9.80. The molecule has 2 heterocycles. The Bertz CT molecular complexity index is 400. The van der Waals surface area contributed by atoms with Crippen LogP contribution in [0.4, 0.5) is 0 Å². The number of aromatic nitrogens is 1. The van der Waals surface area contributed by atoms with E-state index in [0.717, 1.165) is 5.75 Å². The molecule has 0 saturated heterocycles. The lowest BCUT2D eigenvalue weighted by Crippen LogP contribution is -1.76. The number of halogens is 1. The van der Waals surface area contributed by atoms with E-state index in [1.54, 1.807) is 11.3 Å². The average Bonchev–Trinajstić information content (AvgIpc) is 2.63. The molecule has 0 amide bonds. The third-order valence-electron chi connectivity index (χ3n) is 1.71. The maximum atomic E-state index is 3.99. The second-order valence-electron chi connectivity index (χ2n) is 2.66. The maximum absolute atomic E-state index is 3.99. The molecule has 2 aromatic heterocycles. The molecule has 4 heteroatoms. The Morgan fingerprint density at radius 1 is 1.29 bits per heavy atom. The number of rotatable bonds is 3. The highest BCUT2D eigenvalue weighted by atomic mass is 79.9. The van der Waals surface area contributed by atoms with Crippen molar-refractivity contribution in [2.75, 3.05) is 0 Å². The molecule has 2 aromatic rings. The van der Waals surface area contributed by atoms with Crippen molar-refractivity contribution in [3.8, 4) is 0 Å². The summed E-state index contributed by atoms with van der Waals surface area (Å²) in [5.41, 5.74) is 0. The quantitative estimate of drug-likeness (QED) is 0.784. The van der Waals surface area contributed by atoms with Crippen molar-refractivity contribution in [2.24, 2.45) is 0 Å². The van der Waals surface area contributed by atoms with Crippen LogP contribution in [0.25, 0.3) is 0 Å². The van der Waals surface area contributed by atoms with Gasteiger partial charge in [0.15, 0.2) is 0 Å². The van der Waals surface area contributed by atoms with Crippen LogP contribution in [-0.4, -0.2) is 4.98 Å².